The topological polar surface area (TPSA) is 44.8 Å². The first-order valence-corrected chi connectivity index (χ1v) is 15.3. The van der Waals surface area contributed by atoms with Crippen molar-refractivity contribution >= 4 is 22.3 Å². The van der Waals surface area contributed by atoms with Crippen molar-refractivity contribution in [2.24, 2.45) is 0 Å². The van der Waals surface area contributed by atoms with E-state index in [0.29, 0.717) is 0 Å². The van der Waals surface area contributed by atoms with Crippen LogP contribution >= 0.6 is 0 Å². The third-order valence-corrected chi connectivity index (χ3v) is 8.16. The van der Waals surface area contributed by atoms with Gasteiger partial charge in [0.1, 0.15) is 0 Å². The second kappa shape index (κ2) is 13.4. The van der Waals surface area contributed by atoms with Crippen LogP contribution in [0, 0.1) is 6.07 Å². The molecule has 47 heavy (non-hydrogen) atoms. The molecule has 2 aromatic heterocycles. The van der Waals surface area contributed by atoms with E-state index in [1.165, 1.54) is 0 Å². The van der Waals surface area contributed by atoms with Gasteiger partial charge < -0.3 is 5.32 Å². The van der Waals surface area contributed by atoms with E-state index in [9.17, 15) is 0 Å². The van der Waals surface area contributed by atoms with Gasteiger partial charge in [0.25, 0.3) is 0 Å². The number of hydrogen-bond acceptors (Lipinski definition) is 2. The number of para-hydroxylation sites is 3. The summed E-state index contributed by atoms with van der Waals surface area (Å²) in [5.74, 6) is 0. The summed E-state index contributed by atoms with van der Waals surface area (Å²) < 4.78 is 2.07. The third kappa shape index (κ3) is 5.80. The normalized spacial score (nSPS) is 10.8. The van der Waals surface area contributed by atoms with E-state index in [1.54, 1.807) is 0 Å². The summed E-state index contributed by atoms with van der Waals surface area (Å²) in [6, 6.07) is 59.3. The molecule has 0 atom stereocenters. The average Bonchev–Trinajstić information content (AvgIpc) is 3.53. The maximum Gasteiger partial charge on any atom is 2.00 e. The molecule has 6 aromatic carbocycles. The van der Waals surface area contributed by atoms with Crippen LogP contribution in [0.25, 0.3) is 66.7 Å². The second-order valence-electron chi connectivity index (χ2n) is 11.0. The average molecular weight is 784 g/mol. The Morgan fingerprint density at radius 2 is 1.21 bits per heavy atom. The molecule has 0 saturated heterocycles. The van der Waals surface area contributed by atoms with Crippen molar-refractivity contribution in [2.45, 2.75) is 0 Å². The van der Waals surface area contributed by atoms with E-state index in [1.807, 2.05) is 72.9 Å². The summed E-state index contributed by atoms with van der Waals surface area (Å²) in [6.07, 6.45) is 1.81. The molecule has 8 rings (SSSR count). The van der Waals surface area contributed by atoms with Gasteiger partial charge in [-0.05, 0) is 34.9 Å². The van der Waals surface area contributed by atoms with Gasteiger partial charge in [0.05, 0.1) is 22.6 Å². The summed E-state index contributed by atoms with van der Waals surface area (Å²) >= 11 is 0. The standard InChI is InChI=1S/C42H28N4.Pt/c1-3-16-30(17-4-1)32-20-7-8-21-34(32)42-36-24-15-23-33(31-18-5-2-6-19-31)41(36)45-46(42)40-28-12-11-27-39(40)44-38-26-10-9-22-35(38)37-25-13-14-29-43-37;/h1-18,20-29H;/q-2;+2. The van der Waals surface area contributed by atoms with Gasteiger partial charge in [0.15, 0.2) is 0 Å². The minimum absolute atomic E-state index is 0. The van der Waals surface area contributed by atoms with E-state index in [2.05, 4.69) is 113 Å². The van der Waals surface area contributed by atoms with Crippen LogP contribution in [0.1, 0.15) is 0 Å². The zero-order valence-corrected chi connectivity index (χ0v) is 27.5. The van der Waals surface area contributed by atoms with E-state index in [0.717, 1.165) is 72.7 Å². The largest absolute Gasteiger partial charge is 2.00 e. The fourth-order valence-corrected chi connectivity index (χ4v) is 6.05. The van der Waals surface area contributed by atoms with Crippen LogP contribution < -0.4 is 0 Å². The molecule has 0 amide bonds. The Hall–Kier alpha value is -5.57. The van der Waals surface area contributed by atoms with Gasteiger partial charge in [-0.1, -0.05) is 127 Å². The first-order chi connectivity index (χ1) is 22.8. The molecule has 4 nitrogen and oxygen atoms in total. The Balaban J connectivity index is 0.00000351. The van der Waals surface area contributed by atoms with Gasteiger partial charge in [-0.25, -0.2) is 4.68 Å². The van der Waals surface area contributed by atoms with Crippen LogP contribution in [-0.2, 0) is 21.1 Å². The van der Waals surface area contributed by atoms with Crippen molar-refractivity contribution in [1.82, 2.24) is 14.8 Å². The predicted molar refractivity (Wildman–Crippen MR) is 189 cm³/mol. The van der Waals surface area contributed by atoms with E-state index in [-0.39, 0.29) is 21.1 Å². The van der Waals surface area contributed by atoms with Gasteiger partial charge in [0.2, 0.25) is 0 Å². The van der Waals surface area contributed by atoms with Crippen LogP contribution in [-0.4, -0.2) is 14.8 Å². The van der Waals surface area contributed by atoms with E-state index < -0.39 is 0 Å². The first kappa shape index (κ1) is 30.1. The molecule has 0 N–H and O–H groups in total. The molecule has 0 unspecified atom stereocenters. The molecule has 0 aliphatic carbocycles. The second-order valence-corrected chi connectivity index (χ2v) is 11.0. The summed E-state index contributed by atoms with van der Waals surface area (Å²) in [7, 11) is 0. The summed E-state index contributed by atoms with van der Waals surface area (Å²) in [6.45, 7) is 0. The van der Waals surface area contributed by atoms with Crippen molar-refractivity contribution in [1.29, 1.82) is 0 Å². The number of hydrogen-bond donors (Lipinski definition) is 0. The maximum atomic E-state index is 5.38. The van der Waals surface area contributed by atoms with Crippen molar-refractivity contribution < 1.29 is 21.1 Å². The Kier molecular flexibility index (Phi) is 8.60. The maximum absolute atomic E-state index is 5.38. The molecule has 0 aliphatic rings. The number of benzene rings is 6. The molecule has 0 spiro atoms. The van der Waals surface area contributed by atoms with E-state index >= 15 is 0 Å². The van der Waals surface area contributed by atoms with Crippen molar-refractivity contribution in [3.63, 3.8) is 0 Å². The molecule has 5 heteroatoms. The molecular weight excluding hydrogens is 756 g/mol. The zero-order chi connectivity index (χ0) is 30.7. The molecule has 0 aliphatic heterocycles. The molecule has 2 heterocycles. The van der Waals surface area contributed by atoms with Crippen molar-refractivity contribution in [2.75, 3.05) is 0 Å². The number of nitrogens with zero attached hydrogens (tertiary/aromatic N) is 4. The molecular formula is C42H28N4Pt. The molecule has 0 fully saturated rings. The van der Waals surface area contributed by atoms with E-state index in [4.69, 9.17) is 10.4 Å². The SMILES string of the molecule is [Pt+2].[c-]1ccccc1-c1cccc2c(-c3ccccc3-c3ccccc3)n(-c3ccccc3[N-]c3ccccc3-c3ccccn3)nc12. The number of rotatable bonds is 7. The van der Waals surface area contributed by atoms with Crippen molar-refractivity contribution in [3.05, 3.63) is 181 Å². The summed E-state index contributed by atoms with van der Waals surface area (Å²) in [4.78, 5) is 4.61. The Morgan fingerprint density at radius 3 is 2.00 bits per heavy atom. The number of fused-ring (bicyclic) bond motifs is 1. The zero-order valence-electron chi connectivity index (χ0n) is 25.3. The Morgan fingerprint density at radius 1 is 0.532 bits per heavy atom. The van der Waals surface area contributed by atoms with Crippen LogP contribution in [0.3, 0.4) is 0 Å². The fourth-order valence-electron chi connectivity index (χ4n) is 6.05. The number of pyridine rings is 1. The van der Waals surface area contributed by atoms with Gasteiger partial charge in [-0.3, -0.25) is 4.98 Å². The molecule has 0 saturated carbocycles. The van der Waals surface area contributed by atoms with Crippen LogP contribution in [0.5, 0.6) is 0 Å². The van der Waals surface area contributed by atoms with Gasteiger partial charge in [-0.15, -0.1) is 47.3 Å². The smallest absolute Gasteiger partial charge is 0.656 e. The summed E-state index contributed by atoms with van der Waals surface area (Å²) in [5, 5.41) is 11.7. The minimum Gasteiger partial charge on any atom is -0.656 e. The van der Waals surface area contributed by atoms with Crippen LogP contribution in [0.15, 0.2) is 170 Å². The fraction of sp³-hybridized carbons (Fsp3) is 0. The Bertz CT molecular complexity index is 2280. The van der Waals surface area contributed by atoms with Crippen LogP contribution in [0.2, 0.25) is 0 Å². The molecule has 0 bridgehead atoms. The number of aromatic nitrogens is 3. The molecule has 0 radical (unpaired) electrons. The van der Waals surface area contributed by atoms with Gasteiger partial charge in [0, 0.05) is 17.1 Å². The summed E-state index contributed by atoms with van der Waals surface area (Å²) in [5.41, 5.74) is 11.7. The van der Waals surface area contributed by atoms with Gasteiger partial charge >= 0.3 is 21.1 Å². The van der Waals surface area contributed by atoms with Gasteiger partial charge in [-0.2, -0.15) is 5.10 Å². The minimum atomic E-state index is 0. The predicted octanol–water partition coefficient (Wildman–Crippen LogP) is 11.2. The van der Waals surface area contributed by atoms with Crippen molar-refractivity contribution in [3.8, 4) is 50.5 Å². The first-order valence-electron chi connectivity index (χ1n) is 15.3. The molecule has 226 valence electrons. The third-order valence-electron chi connectivity index (χ3n) is 8.16. The quantitative estimate of drug-likeness (QED) is 0.151. The molecule has 8 aromatic rings. The Labute approximate surface area is 288 Å². The van der Waals surface area contributed by atoms with Crippen LogP contribution in [0.4, 0.5) is 11.4 Å². The monoisotopic (exact) mass is 783 g/mol.